The first-order valence-corrected chi connectivity index (χ1v) is 18.1. The van der Waals surface area contributed by atoms with Gasteiger partial charge in [-0.25, -0.2) is 53.9 Å². The van der Waals surface area contributed by atoms with Crippen molar-refractivity contribution in [1.82, 2.24) is 19.9 Å². The average molecular weight is 823 g/mol. The summed E-state index contributed by atoms with van der Waals surface area (Å²) in [7, 11) is 0. The standard InChI is InChI=1S/C46H24F10N4/c1-19-7-3-5-9-21(19)31-23-11-15-27(57-23)33(35-37(47)41(51)45(55)42(52)38(35)48)29-17-13-25(59-29)32(22-10-6-4-8-20(22)2)26-14-18-30(60-26)34(28-16-12-24(31)58-28)36-39(49)43(53)46(56)44(54)40(36)50/h3-18,57,60H,1-2H3. The molecule has 14 heteroatoms. The molecule has 2 aliphatic rings. The van der Waals surface area contributed by atoms with Crippen molar-refractivity contribution in [3.05, 3.63) is 165 Å². The first-order chi connectivity index (χ1) is 28.8. The normalized spacial score (nSPS) is 12.2. The van der Waals surface area contributed by atoms with Crippen molar-refractivity contribution < 1.29 is 43.9 Å². The minimum absolute atomic E-state index is 0.103. The molecule has 3 aromatic heterocycles. The monoisotopic (exact) mass is 822 g/mol. The highest BCUT2D eigenvalue weighted by Gasteiger charge is 2.32. The van der Waals surface area contributed by atoms with Gasteiger partial charge in [0.1, 0.15) is 0 Å². The number of nitrogens with one attached hydrogen (secondary N) is 2. The molecule has 0 aliphatic carbocycles. The van der Waals surface area contributed by atoms with Crippen molar-refractivity contribution in [3.8, 4) is 44.5 Å². The van der Waals surface area contributed by atoms with Gasteiger partial charge in [0, 0.05) is 44.3 Å². The van der Waals surface area contributed by atoms with E-state index in [0.29, 0.717) is 22.3 Å². The number of benzene rings is 4. The third kappa shape index (κ3) is 5.84. The lowest BCUT2D eigenvalue weighted by atomic mass is 9.99. The fraction of sp³-hybridized carbons (Fsp3) is 0.0435. The molecule has 0 radical (unpaired) electrons. The Kier molecular flexibility index (Phi) is 9.10. The number of rotatable bonds is 4. The molecule has 0 unspecified atom stereocenters. The molecular formula is C46H24F10N4. The highest BCUT2D eigenvalue weighted by molar-refractivity contribution is 6.00. The van der Waals surface area contributed by atoms with Crippen LogP contribution in [0, 0.1) is 72.0 Å². The lowest BCUT2D eigenvalue weighted by Crippen LogP contribution is -2.05. The highest BCUT2D eigenvalue weighted by atomic mass is 19.2. The van der Waals surface area contributed by atoms with Crippen LogP contribution in [0.2, 0.25) is 0 Å². The van der Waals surface area contributed by atoms with Crippen LogP contribution in [0.5, 0.6) is 0 Å². The average Bonchev–Trinajstić information content (AvgIpc) is 4.09. The first kappa shape index (κ1) is 38.3. The van der Waals surface area contributed by atoms with Gasteiger partial charge in [-0.1, -0.05) is 48.5 Å². The molecule has 2 N–H and O–H groups in total. The number of fused-ring (bicyclic) bond motifs is 8. The molecule has 298 valence electrons. The minimum Gasteiger partial charge on any atom is -0.354 e. The number of hydrogen-bond donors (Lipinski definition) is 2. The maximum atomic E-state index is 15.9. The molecule has 0 atom stereocenters. The van der Waals surface area contributed by atoms with Gasteiger partial charge in [-0.15, -0.1) is 0 Å². The Morgan fingerprint density at radius 2 is 0.583 bits per heavy atom. The van der Waals surface area contributed by atoms with Crippen molar-refractivity contribution in [2.75, 3.05) is 0 Å². The molecule has 0 saturated carbocycles. The number of H-pyrrole nitrogens is 2. The first-order valence-electron chi connectivity index (χ1n) is 18.1. The van der Waals surface area contributed by atoms with Crippen molar-refractivity contribution in [2.24, 2.45) is 0 Å². The fourth-order valence-corrected chi connectivity index (χ4v) is 7.65. The van der Waals surface area contributed by atoms with Crippen LogP contribution in [0.15, 0.2) is 72.8 Å². The molecule has 7 aromatic rings. The van der Waals surface area contributed by atoms with Crippen molar-refractivity contribution in [1.29, 1.82) is 0 Å². The molecule has 0 fully saturated rings. The zero-order valence-electron chi connectivity index (χ0n) is 30.9. The quantitative estimate of drug-likeness (QED) is 0.106. The molecule has 8 bridgehead atoms. The number of aryl methyl sites for hydroxylation is 2. The third-order valence-electron chi connectivity index (χ3n) is 10.5. The van der Waals surface area contributed by atoms with Crippen LogP contribution >= 0.6 is 0 Å². The van der Waals surface area contributed by atoms with Gasteiger partial charge in [-0.3, -0.25) is 0 Å². The summed E-state index contributed by atoms with van der Waals surface area (Å²) in [6, 6.07) is 19.4. The zero-order valence-corrected chi connectivity index (χ0v) is 30.9. The van der Waals surface area contributed by atoms with E-state index in [1.807, 2.05) is 0 Å². The van der Waals surface area contributed by atoms with Crippen LogP contribution in [0.3, 0.4) is 0 Å². The molecular weight excluding hydrogens is 799 g/mol. The number of hydrogen-bond acceptors (Lipinski definition) is 2. The van der Waals surface area contributed by atoms with Gasteiger partial charge in [0.05, 0.1) is 33.9 Å². The van der Waals surface area contributed by atoms with E-state index in [1.54, 1.807) is 62.4 Å². The van der Waals surface area contributed by atoms with Gasteiger partial charge < -0.3 is 9.97 Å². The third-order valence-corrected chi connectivity index (χ3v) is 10.5. The summed E-state index contributed by atoms with van der Waals surface area (Å²) in [5.74, 6) is -21.8. The van der Waals surface area contributed by atoms with E-state index in [1.165, 1.54) is 48.6 Å². The maximum Gasteiger partial charge on any atom is 0.200 e. The minimum atomic E-state index is -2.35. The number of nitrogens with zero attached hydrogens (tertiary/aromatic N) is 2. The number of aromatic amines is 2. The molecule has 0 saturated heterocycles. The van der Waals surface area contributed by atoms with E-state index in [0.717, 1.165) is 0 Å². The van der Waals surface area contributed by atoms with Crippen LogP contribution < -0.4 is 0 Å². The Morgan fingerprint density at radius 3 is 0.900 bits per heavy atom. The van der Waals surface area contributed by atoms with Crippen molar-refractivity contribution in [3.63, 3.8) is 0 Å². The van der Waals surface area contributed by atoms with Gasteiger partial charge in [0.15, 0.2) is 46.5 Å². The van der Waals surface area contributed by atoms with Crippen LogP contribution in [-0.2, 0) is 0 Å². The van der Waals surface area contributed by atoms with Crippen LogP contribution in [0.4, 0.5) is 43.9 Å². The van der Waals surface area contributed by atoms with Gasteiger partial charge in [0.2, 0.25) is 11.6 Å². The van der Waals surface area contributed by atoms with Crippen LogP contribution in [0.25, 0.3) is 90.9 Å². The summed E-state index contributed by atoms with van der Waals surface area (Å²) in [4.78, 5) is 15.5. The van der Waals surface area contributed by atoms with E-state index in [9.17, 15) is 26.3 Å². The zero-order chi connectivity index (χ0) is 42.3. The van der Waals surface area contributed by atoms with Crippen molar-refractivity contribution >= 4 is 46.4 Å². The summed E-state index contributed by atoms with van der Waals surface area (Å²) >= 11 is 0. The van der Waals surface area contributed by atoms with Gasteiger partial charge in [-0.2, -0.15) is 0 Å². The molecule has 2 aliphatic heterocycles. The summed E-state index contributed by atoms with van der Waals surface area (Å²) in [6.45, 7) is 3.51. The molecule has 4 aromatic carbocycles. The van der Waals surface area contributed by atoms with Gasteiger partial charge in [-0.05, 0) is 84.7 Å². The predicted octanol–water partition coefficient (Wildman–Crippen LogP) is 13.3. The van der Waals surface area contributed by atoms with Crippen LogP contribution in [-0.4, -0.2) is 19.9 Å². The molecule has 60 heavy (non-hydrogen) atoms. The van der Waals surface area contributed by atoms with E-state index in [-0.39, 0.29) is 56.0 Å². The van der Waals surface area contributed by atoms with E-state index in [2.05, 4.69) is 9.97 Å². The number of halogens is 10. The largest absolute Gasteiger partial charge is 0.354 e. The highest BCUT2D eigenvalue weighted by Crippen LogP contribution is 2.42. The second-order valence-electron chi connectivity index (χ2n) is 14.0. The van der Waals surface area contributed by atoms with Crippen molar-refractivity contribution in [2.45, 2.75) is 13.8 Å². The SMILES string of the molecule is Cc1ccccc1-c1c2nc(c(-c3c(F)c(F)c(F)c(F)c3F)c3ccc([nH]3)c(-c3ccccc3C)c3nc(c(-c4c(F)c(F)c(F)c(F)c4F)c4ccc1[nH]4)C=C3)C=C2. The molecule has 9 rings (SSSR count). The maximum absolute atomic E-state index is 15.9. The van der Waals surface area contributed by atoms with Gasteiger partial charge in [0.25, 0.3) is 0 Å². The lowest BCUT2D eigenvalue weighted by molar-refractivity contribution is 0.381. The molecule has 0 spiro atoms. The second kappa shape index (κ2) is 14.3. The Morgan fingerprint density at radius 1 is 0.317 bits per heavy atom. The van der Waals surface area contributed by atoms with E-state index in [4.69, 9.17) is 9.97 Å². The Hall–Kier alpha value is -7.22. The Bertz CT molecular complexity index is 2980. The fourth-order valence-electron chi connectivity index (χ4n) is 7.65. The Balaban J connectivity index is 1.55. The smallest absolute Gasteiger partial charge is 0.200 e. The van der Waals surface area contributed by atoms with Gasteiger partial charge >= 0.3 is 0 Å². The molecule has 0 amide bonds. The van der Waals surface area contributed by atoms with E-state index < -0.39 is 80.4 Å². The topological polar surface area (TPSA) is 57.4 Å². The van der Waals surface area contributed by atoms with E-state index >= 15 is 17.6 Å². The summed E-state index contributed by atoms with van der Waals surface area (Å²) < 4.78 is 152. The lowest BCUT2D eigenvalue weighted by Gasteiger charge is -2.11. The predicted molar refractivity (Wildman–Crippen MR) is 210 cm³/mol. The summed E-state index contributed by atoms with van der Waals surface area (Å²) in [5, 5.41) is 0. The Labute approximate surface area is 332 Å². The second-order valence-corrected chi connectivity index (χ2v) is 14.0. The molecule has 5 heterocycles. The summed E-state index contributed by atoms with van der Waals surface area (Å²) in [5.41, 5.74) is -0.627. The summed E-state index contributed by atoms with van der Waals surface area (Å²) in [6.07, 6.45) is 5.53. The van der Waals surface area contributed by atoms with Crippen LogP contribution in [0.1, 0.15) is 33.9 Å². The number of aromatic nitrogens is 4. The molecule has 4 nitrogen and oxygen atoms in total.